The molecule has 2 amide bonds. The highest BCUT2D eigenvalue weighted by Crippen LogP contribution is 2.65. The van der Waals surface area contributed by atoms with Crippen LogP contribution in [0.1, 0.15) is 84.5 Å². The zero-order valence-corrected chi connectivity index (χ0v) is 33.4. The monoisotopic (exact) mass is 814 g/mol. The minimum absolute atomic E-state index is 0.0255. The van der Waals surface area contributed by atoms with E-state index in [2.05, 4.69) is 22.5 Å². The predicted molar refractivity (Wildman–Crippen MR) is 229 cm³/mol. The Morgan fingerprint density at radius 3 is 2.22 bits per heavy atom. The number of aliphatic hydroxyl groups is 1. The van der Waals surface area contributed by atoms with Crippen molar-refractivity contribution in [3.63, 3.8) is 0 Å². The number of phenols is 1. The van der Waals surface area contributed by atoms with Gasteiger partial charge in [-0.05, 0) is 90.4 Å². The Morgan fingerprint density at radius 2 is 1.50 bits per heavy atom. The molecule has 3 fully saturated rings. The van der Waals surface area contributed by atoms with E-state index in [1.807, 2.05) is 102 Å². The first-order valence-corrected chi connectivity index (χ1v) is 21.3. The van der Waals surface area contributed by atoms with Crippen molar-refractivity contribution in [3.05, 3.63) is 155 Å². The SMILES string of the molecule is O=C1O[C@H](c2ccccc2)[C@H](c2ccccc2)N2[C@H]1[C@@H](C(=O)Nc1nc3ccccc3s1)[C@]1(C(=O)Nc3ccc(C#CC4(O)CCCCCC4)cc31)[C@H]2c1ccc(O)cc1. The second-order valence-corrected chi connectivity index (χ2v) is 17.3. The number of esters is 1. The van der Waals surface area contributed by atoms with Gasteiger partial charge in [-0.25, -0.2) is 4.98 Å². The highest BCUT2D eigenvalue weighted by Gasteiger charge is 2.74. The number of phenolic OH excluding ortho intramolecular Hbond substituents is 1. The summed E-state index contributed by atoms with van der Waals surface area (Å²) in [4.78, 5) is 52.7. The quantitative estimate of drug-likeness (QED) is 0.0774. The molecule has 60 heavy (non-hydrogen) atoms. The van der Waals surface area contributed by atoms with Crippen molar-refractivity contribution in [1.82, 2.24) is 9.88 Å². The second kappa shape index (κ2) is 15.1. The number of aromatic hydroxyl groups is 1. The van der Waals surface area contributed by atoms with Gasteiger partial charge < -0.3 is 25.6 Å². The molecule has 1 saturated carbocycles. The highest BCUT2D eigenvalue weighted by molar-refractivity contribution is 7.22. The number of morpholine rings is 1. The Balaban J connectivity index is 1.22. The maximum absolute atomic E-state index is 15.5. The number of thiazole rings is 1. The normalized spacial score (nSPS) is 25.6. The van der Waals surface area contributed by atoms with Gasteiger partial charge in [-0.3, -0.25) is 19.3 Å². The third-order valence-corrected chi connectivity index (χ3v) is 13.6. The summed E-state index contributed by atoms with van der Waals surface area (Å²) in [6.45, 7) is 0. The van der Waals surface area contributed by atoms with Gasteiger partial charge in [0.1, 0.15) is 28.9 Å². The molecule has 4 heterocycles. The number of carbonyl (C=O) groups excluding carboxylic acids is 3. The first-order valence-electron chi connectivity index (χ1n) is 20.5. The van der Waals surface area contributed by atoms with Crippen LogP contribution in [-0.2, 0) is 24.5 Å². The van der Waals surface area contributed by atoms with Crippen LogP contribution in [0.4, 0.5) is 10.8 Å². The maximum Gasteiger partial charge on any atom is 0.324 e. The Kier molecular flexibility index (Phi) is 9.51. The number of para-hydroxylation sites is 1. The van der Waals surface area contributed by atoms with Crippen LogP contribution in [0.3, 0.4) is 0 Å². The number of fused-ring (bicyclic) bond motifs is 4. The number of nitrogens with zero attached hydrogens (tertiary/aromatic N) is 2. The van der Waals surface area contributed by atoms with Crippen molar-refractivity contribution >= 4 is 50.2 Å². The van der Waals surface area contributed by atoms with E-state index in [9.17, 15) is 10.2 Å². The minimum atomic E-state index is -1.74. The molecule has 2 saturated heterocycles. The van der Waals surface area contributed by atoms with Crippen molar-refractivity contribution in [2.24, 2.45) is 5.92 Å². The number of benzene rings is 5. The van der Waals surface area contributed by atoms with Crippen molar-refractivity contribution in [2.75, 3.05) is 10.6 Å². The lowest BCUT2D eigenvalue weighted by Gasteiger charge is -2.46. The van der Waals surface area contributed by atoms with Gasteiger partial charge in [-0.2, -0.15) is 0 Å². The number of amides is 2. The molecule has 1 aromatic heterocycles. The van der Waals surface area contributed by atoms with Crippen LogP contribution >= 0.6 is 11.3 Å². The summed E-state index contributed by atoms with van der Waals surface area (Å²) >= 11 is 1.31. The third-order valence-electron chi connectivity index (χ3n) is 12.7. The van der Waals surface area contributed by atoms with E-state index in [0.717, 1.165) is 41.5 Å². The van der Waals surface area contributed by atoms with E-state index >= 15 is 14.4 Å². The molecule has 5 aromatic carbocycles. The predicted octanol–water partition coefficient (Wildman–Crippen LogP) is 8.35. The first-order chi connectivity index (χ1) is 29.2. The van der Waals surface area contributed by atoms with E-state index in [1.165, 1.54) is 11.3 Å². The van der Waals surface area contributed by atoms with Crippen LogP contribution in [-0.4, -0.2) is 49.5 Å². The fourth-order valence-electron chi connectivity index (χ4n) is 10.1. The van der Waals surface area contributed by atoms with E-state index < -0.39 is 58.9 Å². The van der Waals surface area contributed by atoms with Gasteiger partial charge in [0.15, 0.2) is 5.13 Å². The topological polar surface area (TPSA) is 141 Å². The molecule has 6 aromatic rings. The molecule has 11 heteroatoms. The number of hydrogen-bond acceptors (Lipinski definition) is 9. The number of rotatable bonds is 5. The number of nitrogens with one attached hydrogen (secondary N) is 2. The lowest BCUT2D eigenvalue weighted by atomic mass is 9.65. The standard InChI is InChI=1S/C49H42N4O6S/c54-34-22-20-33(21-23-34)43-49(35-29-30(19-24-36(35)50-46(49)57)25-28-48(58)26-11-1-2-12-27-48)39(44(55)52-47-51-37-17-9-10-18-38(37)60-47)41-45(56)59-42(32-15-7-4-8-16-32)40(53(41)43)31-13-5-3-6-14-31/h3-10,13-24,29,39-43,54,58H,1-2,11-12,26-27H2,(H,50,57)(H,51,52,55)/t39-,40-,41-,42+,43+,49-/m0/s1. The lowest BCUT2D eigenvalue weighted by molar-refractivity contribution is -0.177. The molecule has 300 valence electrons. The Hall–Kier alpha value is -6.32. The number of carbonyl (C=O) groups is 3. The summed E-state index contributed by atoms with van der Waals surface area (Å²) in [6.07, 6.45) is 4.21. The number of anilines is 2. The summed E-state index contributed by atoms with van der Waals surface area (Å²) in [6, 6.07) is 36.0. The first kappa shape index (κ1) is 37.9. The van der Waals surface area contributed by atoms with Crippen LogP contribution in [0.5, 0.6) is 5.75 Å². The molecule has 0 bridgehead atoms. The molecule has 10 nitrogen and oxygen atoms in total. The summed E-state index contributed by atoms with van der Waals surface area (Å²) in [7, 11) is 0. The van der Waals surface area contributed by atoms with Gasteiger partial charge >= 0.3 is 5.97 Å². The summed E-state index contributed by atoms with van der Waals surface area (Å²) in [5.41, 5.74) is 1.57. The second-order valence-electron chi connectivity index (χ2n) is 16.2. The van der Waals surface area contributed by atoms with E-state index in [-0.39, 0.29) is 5.75 Å². The third kappa shape index (κ3) is 6.34. The molecular formula is C49H42N4O6S. The van der Waals surface area contributed by atoms with E-state index in [1.54, 1.807) is 30.3 Å². The Labute approximate surface area is 351 Å². The summed E-state index contributed by atoms with van der Waals surface area (Å²) < 4.78 is 7.38. The lowest BCUT2D eigenvalue weighted by Crippen LogP contribution is -2.53. The van der Waals surface area contributed by atoms with Crippen LogP contribution < -0.4 is 10.6 Å². The number of aromatic nitrogens is 1. The van der Waals surface area contributed by atoms with Crippen molar-refractivity contribution < 1.29 is 29.3 Å². The van der Waals surface area contributed by atoms with Crippen LogP contribution in [0.15, 0.2) is 127 Å². The molecule has 0 radical (unpaired) electrons. The van der Waals surface area contributed by atoms with Gasteiger partial charge in [0.25, 0.3) is 0 Å². The summed E-state index contributed by atoms with van der Waals surface area (Å²) in [5.74, 6) is 3.42. The van der Waals surface area contributed by atoms with Gasteiger partial charge in [-0.1, -0.05) is 121 Å². The Bertz CT molecular complexity index is 2650. The minimum Gasteiger partial charge on any atom is -0.508 e. The highest BCUT2D eigenvalue weighted by atomic mass is 32.1. The molecule has 6 atom stereocenters. The average molecular weight is 815 g/mol. The maximum atomic E-state index is 15.5. The number of cyclic esters (lactones) is 1. The molecule has 1 spiro atoms. The number of ether oxygens (including phenoxy) is 1. The van der Waals surface area contributed by atoms with Gasteiger partial charge in [0.2, 0.25) is 11.8 Å². The van der Waals surface area contributed by atoms with Crippen molar-refractivity contribution in [1.29, 1.82) is 0 Å². The fourth-order valence-corrected chi connectivity index (χ4v) is 10.9. The molecular weight excluding hydrogens is 773 g/mol. The van der Waals surface area contributed by atoms with Crippen LogP contribution in [0.2, 0.25) is 0 Å². The molecule has 4 aliphatic rings. The average Bonchev–Trinajstić information content (AvgIpc) is 3.85. The molecule has 4 N–H and O–H groups in total. The molecule has 3 aliphatic heterocycles. The molecule has 1 aliphatic carbocycles. The summed E-state index contributed by atoms with van der Waals surface area (Å²) in [5, 5.41) is 28.6. The fraction of sp³-hybridized carbons (Fsp3) is 0.265. The van der Waals surface area contributed by atoms with Crippen LogP contribution in [0.25, 0.3) is 10.2 Å². The van der Waals surface area contributed by atoms with Crippen molar-refractivity contribution in [2.45, 2.75) is 73.8 Å². The molecule has 10 rings (SSSR count). The van der Waals surface area contributed by atoms with Gasteiger partial charge in [0.05, 0.1) is 28.2 Å². The zero-order chi connectivity index (χ0) is 41.0. The van der Waals surface area contributed by atoms with Crippen LogP contribution in [0, 0.1) is 17.8 Å². The number of hydrogen-bond donors (Lipinski definition) is 4. The van der Waals surface area contributed by atoms with Crippen molar-refractivity contribution in [3.8, 4) is 17.6 Å². The largest absolute Gasteiger partial charge is 0.508 e. The molecule has 0 unspecified atom stereocenters. The Morgan fingerprint density at radius 1 is 0.817 bits per heavy atom. The zero-order valence-electron chi connectivity index (χ0n) is 32.6. The van der Waals surface area contributed by atoms with E-state index in [4.69, 9.17) is 9.72 Å². The smallest absolute Gasteiger partial charge is 0.324 e. The van der Waals surface area contributed by atoms with Gasteiger partial charge in [-0.15, -0.1) is 0 Å². The van der Waals surface area contributed by atoms with Gasteiger partial charge in [0, 0.05) is 11.3 Å². The van der Waals surface area contributed by atoms with E-state index in [0.29, 0.717) is 45.9 Å².